The van der Waals surface area contributed by atoms with Crippen molar-refractivity contribution >= 4 is 15.9 Å². The number of carbonyl (C=O) groups excluding carboxylic acids is 1. The molecule has 1 fully saturated rings. The maximum Gasteiger partial charge on any atom is 0.407 e. The number of alkyl carbamates (subject to hydrolysis) is 1. The maximum absolute atomic E-state index is 12.0. The lowest BCUT2D eigenvalue weighted by atomic mass is 9.85. The summed E-state index contributed by atoms with van der Waals surface area (Å²) in [6, 6.07) is 0.0360. The number of ether oxygens (including phenoxy) is 1. The van der Waals surface area contributed by atoms with Crippen LogP contribution in [0.3, 0.4) is 0 Å². The summed E-state index contributed by atoms with van der Waals surface area (Å²) in [4.78, 5) is 12.0. The average molecular weight is 370 g/mol. The second kappa shape index (κ2) is 6.59. The van der Waals surface area contributed by atoms with E-state index in [2.05, 4.69) is 15.5 Å². The van der Waals surface area contributed by atoms with Gasteiger partial charge in [0, 0.05) is 18.5 Å². The van der Waals surface area contributed by atoms with Gasteiger partial charge in [-0.05, 0) is 40.0 Å². The third-order valence-corrected chi connectivity index (χ3v) is 6.09. The predicted octanol–water partition coefficient (Wildman–Crippen LogP) is 1.76. The van der Waals surface area contributed by atoms with Crippen LogP contribution in [-0.2, 0) is 26.9 Å². The first kappa shape index (κ1) is 18.2. The molecule has 1 N–H and O–H groups in total. The van der Waals surface area contributed by atoms with E-state index < -0.39 is 21.5 Å². The molecule has 1 aromatic rings. The summed E-state index contributed by atoms with van der Waals surface area (Å²) >= 11 is 0. The number of rotatable bonds is 2. The van der Waals surface area contributed by atoms with Gasteiger partial charge in [0.05, 0.1) is 5.75 Å². The molecule has 0 spiro atoms. The van der Waals surface area contributed by atoms with Crippen molar-refractivity contribution in [1.82, 2.24) is 20.1 Å². The highest BCUT2D eigenvalue weighted by Gasteiger charge is 2.32. The average Bonchev–Trinajstić information content (AvgIpc) is 2.86. The van der Waals surface area contributed by atoms with Crippen molar-refractivity contribution in [2.24, 2.45) is 0 Å². The van der Waals surface area contributed by atoms with Gasteiger partial charge in [-0.15, -0.1) is 10.2 Å². The first-order valence-electron chi connectivity index (χ1n) is 8.75. The number of nitrogens with one attached hydrogen (secondary N) is 1. The molecule has 1 aliphatic heterocycles. The molecule has 1 aromatic heterocycles. The predicted molar refractivity (Wildman–Crippen MR) is 91.9 cm³/mol. The van der Waals surface area contributed by atoms with E-state index >= 15 is 0 Å². The Bertz CT molecular complexity index is 751. The van der Waals surface area contributed by atoms with Gasteiger partial charge in [0.15, 0.2) is 9.84 Å². The zero-order valence-corrected chi connectivity index (χ0v) is 15.8. The van der Waals surface area contributed by atoms with E-state index in [0.717, 1.165) is 31.5 Å². The molecule has 0 aromatic carbocycles. The van der Waals surface area contributed by atoms with Crippen molar-refractivity contribution in [3.63, 3.8) is 0 Å². The summed E-state index contributed by atoms with van der Waals surface area (Å²) < 4.78 is 30.8. The molecule has 2 aliphatic rings. The lowest BCUT2D eigenvalue weighted by Gasteiger charge is -2.30. The molecule has 3 rings (SSSR count). The van der Waals surface area contributed by atoms with Crippen LogP contribution in [0.15, 0.2) is 0 Å². The molecule has 0 saturated heterocycles. The lowest BCUT2D eigenvalue weighted by Crippen LogP contribution is -2.41. The molecule has 25 heavy (non-hydrogen) atoms. The van der Waals surface area contributed by atoms with Gasteiger partial charge in [-0.3, -0.25) is 0 Å². The van der Waals surface area contributed by atoms with Gasteiger partial charge in [0.2, 0.25) is 0 Å². The topological polar surface area (TPSA) is 103 Å². The van der Waals surface area contributed by atoms with Gasteiger partial charge < -0.3 is 14.6 Å². The molecule has 2 atom stereocenters. The minimum absolute atomic E-state index is 0.0354. The van der Waals surface area contributed by atoms with E-state index in [1.807, 2.05) is 25.3 Å². The fourth-order valence-electron chi connectivity index (χ4n) is 3.53. The molecule has 8 nitrogen and oxygen atoms in total. The third-order valence-electron chi connectivity index (χ3n) is 4.59. The minimum Gasteiger partial charge on any atom is -0.444 e. The first-order chi connectivity index (χ1) is 11.6. The molecule has 140 valence electrons. The van der Waals surface area contributed by atoms with E-state index in [9.17, 15) is 13.2 Å². The fourth-order valence-corrected chi connectivity index (χ4v) is 4.74. The number of nitrogens with zero attached hydrogens (tertiary/aromatic N) is 3. The van der Waals surface area contributed by atoms with Crippen LogP contribution in [0.5, 0.6) is 0 Å². The van der Waals surface area contributed by atoms with Crippen molar-refractivity contribution in [3.05, 3.63) is 11.6 Å². The second-order valence-electron chi connectivity index (χ2n) is 7.92. The number of amides is 1. The highest BCUT2D eigenvalue weighted by molar-refractivity contribution is 7.90. The molecular formula is C16H26N4O4S. The fraction of sp³-hybridized carbons (Fsp3) is 0.812. The second-order valence-corrected chi connectivity index (χ2v) is 10.1. The molecule has 1 saturated carbocycles. The number of hydrogen-bond donors (Lipinski definition) is 1. The molecule has 0 unspecified atom stereocenters. The Morgan fingerprint density at radius 3 is 2.76 bits per heavy atom. The minimum atomic E-state index is -3.05. The van der Waals surface area contributed by atoms with E-state index in [4.69, 9.17) is 4.74 Å². The third kappa shape index (κ3) is 4.50. The summed E-state index contributed by atoms with van der Waals surface area (Å²) in [6.45, 7) is 5.94. The first-order valence-corrected chi connectivity index (χ1v) is 10.6. The Morgan fingerprint density at radius 2 is 2.04 bits per heavy atom. The summed E-state index contributed by atoms with van der Waals surface area (Å²) in [5.74, 6) is 1.66. The molecular weight excluding hydrogens is 344 g/mol. The number of hydrogen-bond acceptors (Lipinski definition) is 6. The van der Waals surface area contributed by atoms with Crippen molar-refractivity contribution in [3.8, 4) is 0 Å². The van der Waals surface area contributed by atoms with E-state index in [1.165, 1.54) is 0 Å². The van der Waals surface area contributed by atoms with Crippen molar-refractivity contribution in [2.45, 2.75) is 76.3 Å². The summed E-state index contributed by atoms with van der Waals surface area (Å²) in [5, 5.41) is 11.3. The van der Waals surface area contributed by atoms with Crippen LogP contribution in [0.1, 0.15) is 64.0 Å². The number of carbonyl (C=O) groups is 1. The Hall–Kier alpha value is -1.64. The Morgan fingerprint density at radius 1 is 1.28 bits per heavy atom. The zero-order chi connectivity index (χ0) is 18.2. The molecule has 0 radical (unpaired) electrons. The summed E-state index contributed by atoms with van der Waals surface area (Å²) in [6.07, 6.45) is 3.23. The Labute approximate surface area is 148 Å². The van der Waals surface area contributed by atoms with Crippen LogP contribution in [0.4, 0.5) is 4.79 Å². The van der Waals surface area contributed by atoms with Gasteiger partial charge in [-0.25, -0.2) is 13.2 Å². The number of aromatic nitrogens is 3. The van der Waals surface area contributed by atoms with Crippen molar-refractivity contribution < 1.29 is 17.9 Å². The molecule has 0 bridgehead atoms. The lowest BCUT2D eigenvalue weighted by molar-refractivity contribution is 0.0489. The standard InChI is InChI=1S/C16H26N4O4S/c1-16(2,3)24-15(21)17-12-6-4-5-11(9-12)14-19-18-13-10-25(22,23)8-7-20(13)14/h11-12H,4-10H2,1-3H3,(H,17,21)/t11-,12+/m0/s1. The quantitative estimate of drug-likeness (QED) is 0.851. The highest BCUT2D eigenvalue weighted by atomic mass is 32.2. The monoisotopic (exact) mass is 370 g/mol. The highest BCUT2D eigenvalue weighted by Crippen LogP contribution is 2.33. The summed E-state index contributed by atoms with van der Waals surface area (Å²) in [5.41, 5.74) is -0.518. The van der Waals surface area contributed by atoms with Gasteiger partial charge >= 0.3 is 6.09 Å². The maximum atomic E-state index is 12.0. The number of fused-ring (bicyclic) bond motifs is 1. The van der Waals surface area contributed by atoms with Crippen LogP contribution >= 0.6 is 0 Å². The molecule has 1 aliphatic carbocycles. The Kier molecular flexibility index (Phi) is 4.78. The van der Waals surface area contributed by atoms with Crippen LogP contribution < -0.4 is 5.32 Å². The van der Waals surface area contributed by atoms with E-state index in [-0.39, 0.29) is 23.5 Å². The van der Waals surface area contributed by atoms with Gasteiger partial charge in [0.1, 0.15) is 23.0 Å². The van der Waals surface area contributed by atoms with Crippen LogP contribution in [0.2, 0.25) is 0 Å². The normalized spacial score (nSPS) is 25.9. The number of sulfone groups is 1. The summed E-state index contributed by atoms with van der Waals surface area (Å²) in [7, 11) is -3.05. The molecule has 1 amide bonds. The van der Waals surface area contributed by atoms with Crippen LogP contribution in [0.25, 0.3) is 0 Å². The molecule has 2 heterocycles. The smallest absolute Gasteiger partial charge is 0.407 e. The van der Waals surface area contributed by atoms with Crippen LogP contribution in [0, 0.1) is 0 Å². The molecule has 9 heteroatoms. The van der Waals surface area contributed by atoms with Gasteiger partial charge in [0.25, 0.3) is 0 Å². The SMILES string of the molecule is CC(C)(C)OC(=O)N[C@@H]1CCC[C@H](c2nnc3n2CCS(=O)(=O)C3)C1. The van der Waals surface area contributed by atoms with E-state index in [1.54, 1.807) is 0 Å². The van der Waals surface area contributed by atoms with E-state index in [0.29, 0.717) is 12.4 Å². The Balaban J connectivity index is 1.67. The van der Waals surface area contributed by atoms with Gasteiger partial charge in [-0.1, -0.05) is 6.42 Å². The zero-order valence-electron chi connectivity index (χ0n) is 15.0. The van der Waals surface area contributed by atoms with Gasteiger partial charge in [-0.2, -0.15) is 0 Å². The van der Waals surface area contributed by atoms with Crippen molar-refractivity contribution in [2.75, 3.05) is 5.75 Å². The van der Waals surface area contributed by atoms with Crippen LogP contribution in [-0.4, -0.2) is 46.7 Å². The van der Waals surface area contributed by atoms with Crippen molar-refractivity contribution in [1.29, 1.82) is 0 Å². The largest absolute Gasteiger partial charge is 0.444 e.